The number of benzene rings is 2. The van der Waals surface area contributed by atoms with E-state index in [0.29, 0.717) is 11.4 Å². The van der Waals surface area contributed by atoms with E-state index in [1.54, 1.807) is 25.6 Å². The van der Waals surface area contributed by atoms with E-state index < -0.39 is 17.5 Å². The first-order valence-corrected chi connectivity index (χ1v) is 8.78. The highest BCUT2D eigenvalue weighted by Crippen LogP contribution is 2.26. The van der Waals surface area contributed by atoms with E-state index in [1.165, 1.54) is 0 Å². The number of hydrogen-bond donors (Lipinski definition) is 2. The Balaban J connectivity index is 1.65. The topological polar surface area (TPSA) is 89.8 Å². The third-order valence-corrected chi connectivity index (χ3v) is 4.04. The molecule has 156 valence electrons. The van der Waals surface area contributed by atoms with Crippen LogP contribution in [0.4, 0.5) is 18.9 Å². The zero-order valence-electron chi connectivity index (χ0n) is 16.2. The number of aryl methyl sites for hydroxylation is 1. The Morgan fingerprint density at radius 2 is 1.97 bits per heavy atom. The molecular weight excluding hydrogens is 397 g/mol. The molecule has 1 aromatic heterocycles. The van der Waals surface area contributed by atoms with Gasteiger partial charge in [0.05, 0.1) is 31.4 Å². The molecule has 3 aromatic rings. The molecule has 10 heteroatoms. The van der Waals surface area contributed by atoms with Crippen molar-refractivity contribution in [1.29, 1.82) is 0 Å². The van der Waals surface area contributed by atoms with Crippen LogP contribution in [0, 0.1) is 24.4 Å². The van der Waals surface area contributed by atoms with Gasteiger partial charge in [-0.15, -0.1) is 0 Å². The van der Waals surface area contributed by atoms with Crippen molar-refractivity contribution >= 4 is 18.0 Å². The van der Waals surface area contributed by atoms with Crippen molar-refractivity contribution in [3.63, 3.8) is 0 Å². The molecule has 0 aliphatic carbocycles. The summed E-state index contributed by atoms with van der Waals surface area (Å²) in [5.41, 5.74) is 8.30. The minimum Gasteiger partial charge on any atom is -0.494 e. The van der Waals surface area contributed by atoms with Crippen molar-refractivity contribution in [2.24, 2.45) is 15.7 Å². The highest BCUT2D eigenvalue weighted by Gasteiger charge is 2.10. The van der Waals surface area contributed by atoms with Crippen LogP contribution in [0.25, 0.3) is 5.69 Å². The molecule has 0 aliphatic rings. The average Bonchev–Trinajstić information content (AvgIpc) is 3.15. The molecule has 0 saturated carbocycles. The Hall–Kier alpha value is -3.82. The summed E-state index contributed by atoms with van der Waals surface area (Å²) in [6.45, 7) is 1.80. The molecule has 0 saturated heterocycles. The fourth-order valence-corrected chi connectivity index (χ4v) is 2.65. The number of rotatable bonds is 6. The van der Waals surface area contributed by atoms with Crippen LogP contribution in [-0.4, -0.2) is 29.0 Å². The van der Waals surface area contributed by atoms with Gasteiger partial charge in [-0.05, 0) is 36.8 Å². The zero-order valence-corrected chi connectivity index (χ0v) is 16.2. The van der Waals surface area contributed by atoms with Crippen LogP contribution < -0.4 is 15.8 Å². The summed E-state index contributed by atoms with van der Waals surface area (Å²) in [5, 5.41) is 2.89. The Morgan fingerprint density at radius 3 is 2.60 bits per heavy atom. The summed E-state index contributed by atoms with van der Waals surface area (Å²) in [4.78, 5) is 12.0. The standard InChI is InChI=1S/C20H19F3N6O/c1-12-9-29(11-27-12)17-4-3-14(7-18(17)30-2)28-20(24)26-10-25-8-13-5-15(21)19(23)16(22)6-13/h3-7,9-11H,8H2,1-2H3,(H3,24,25,26,28). The summed E-state index contributed by atoms with van der Waals surface area (Å²) in [7, 11) is 1.55. The van der Waals surface area contributed by atoms with Crippen LogP contribution in [0.2, 0.25) is 0 Å². The molecule has 0 atom stereocenters. The number of aliphatic imine (C=N–C) groups is 2. The SMILES string of the molecule is COc1cc(NC(N)=NC=NCc2cc(F)c(F)c(F)c2)ccc1-n1cnc(C)c1. The van der Waals surface area contributed by atoms with Gasteiger partial charge in [0.2, 0.25) is 0 Å². The van der Waals surface area contributed by atoms with Gasteiger partial charge in [0, 0.05) is 18.0 Å². The van der Waals surface area contributed by atoms with Crippen molar-refractivity contribution in [2.45, 2.75) is 13.5 Å². The number of nitrogens with one attached hydrogen (secondary N) is 1. The minimum atomic E-state index is -1.51. The largest absolute Gasteiger partial charge is 0.494 e. The highest BCUT2D eigenvalue weighted by atomic mass is 19.2. The maximum Gasteiger partial charge on any atom is 0.199 e. The number of hydrogen-bond acceptors (Lipinski definition) is 3. The van der Waals surface area contributed by atoms with Crippen LogP contribution in [0.3, 0.4) is 0 Å². The summed E-state index contributed by atoms with van der Waals surface area (Å²) >= 11 is 0. The predicted molar refractivity (Wildman–Crippen MR) is 109 cm³/mol. The molecule has 0 fully saturated rings. The first-order chi connectivity index (χ1) is 14.4. The van der Waals surface area contributed by atoms with Crippen molar-refractivity contribution < 1.29 is 17.9 Å². The molecular formula is C20H19F3N6O. The molecule has 1 heterocycles. The van der Waals surface area contributed by atoms with Crippen LogP contribution in [-0.2, 0) is 6.54 Å². The third-order valence-electron chi connectivity index (χ3n) is 4.04. The third kappa shape index (κ3) is 4.96. The molecule has 0 aliphatic heterocycles. The monoisotopic (exact) mass is 416 g/mol. The van der Waals surface area contributed by atoms with Crippen LogP contribution in [0.15, 0.2) is 52.8 Å². The maximum absolute atomic E-state index is 13.2. The predicted octanol–water partition coefficient (Wildman–Crippen LogP) is 3.56. The van der Waals surface area contributed by atoms with Gasteiger partial charge >= 0.3 is 0 Å². The molecule has 3 rings (SSSR count). The van der Waals surface area contributed by atoms with E-state index in [2.05, 4.69) is 20.3 Å². The summed E-state index contributed by atoms with van der Waals surface area (Å²) in [6.07, 6.45) is 4.70. The van der Waals surface area contributed by atoms with Crippen molar-refractivity contribution in [3.8, 4) is 11.4 Å². The molecule has 7 nitrogen and oxygen atoms in total. The summed E-state index contributed by atoms with van der Waals surface area (Å²) in [5.74, 6) is -3.41. The number of nitrogens with two attached hydrogens (primary N) is 1. The number of ether oxygens (including phenoxy) is 1. The van der Waals surface area contributed by atoms with Crippen LogP contribution in [0.1, 0.15) is 11.3 Å². The van der Waals surface area contributed by atoms with E-state index in [9.17, 15) is 13.2 Å². The Kier molecular flexibility index (Phi) is 6.35. The lowest BCUT2D eigenvalue weighted by molar-refractivity contribution is 0.413. The number of halogens is 3. The lowest BCUT2D eigenvalue weighted by atomic mass is 10.2. The van der Waals surface area contributed by atoms with Gasteiger partial charge in [-0.25, -0.2) is 23.1 Å². The van der Waals surface area contributed by atoms with E-state index in [4.69, 9.17) is 10.5 Å². The van der Waals surface area contributed by atoms with E-state index in [0.717, 1.165) is 29.9 Å². The molecule has 0 bridgehead atoms. The second-order valence-corrected chi connectivity index (χ2v) is 6.28. The Bertz CT molecular complexity index is 1090. The van der Waals surface area contributed by atoms with Gasteiger partial charge in [0.1, 0.15) is 12.1 Å². The maximum atomic E-state index is 13.2. The van der Waals surface area contributed by atoms with Gasteiger partial charge < -0.3 is 20.4 Å². The van der Waals surface area contributed by atoms with E-state index in [-0.39, 0.29) is 18.1 Å². The lowest BCUT2D eigenvalue weighted by Crippen LogP contribution is -2.22. The summed E-state index contributed by atoms with van der Waals surface area (Å²) < 4.78 is 46.6. The normalized spacial score (nSPS) is 11.8. The van der Waals surface area contributed by atoms with Gasteiger partial charge in [-0.1, -0.05) is 0 Å². The number of imidazole rings is 1. The smallest absolute Gasteiger partial charge is 0.199 e. The fourth-order valence-electron chi connectivity index (χ4n) is 2.65. The fraction of sp³-hybridized carbons (Fsp3) is 0.150. The second kappa shape index (κ2) is 9.12. The summed E-state index contributed by atoms with van der Waals surface area (Å²) in [6, 6.07) is 7.11. The highest BCUT2D eigenvalue weighted by molar-refractivity contribution is 5.96. The number of aromatic nitrogens is 2. The number of nitrogens with zero attached hydrogens (tertiary/aromatic N) is 4. The first kappa shape index (κ1) is 20.9. The Labute approximate surface area is 170 Å². The minimum absolute atomic E-state index is 0.0449. The van der Waals surface area contributed by atoms with Gasteiger partial charge in [0.25, 0.3) is 0 Å². The van der Waals surface area contributed by atoms with Crippen LogP contribution in [0.5, 0.6) is 5.75 Å². The molecule has 2 aromatic carbocycles. The van der Waals surface area contributed by atoms with Crippen molar-refractivity contribution in [2.75, 3.05) is 12.4 Å². The molecule has 30 heavy (non-hydrogen) atoms. The quantitative estimate of drug-likeness (QED) is 0.365. The molecule has 0 unspecified atom stereocenters. The molecule has 0 amide bonds. The molecule has 0 radical (unpaired) electrons. The number of methoxy groups -OCH3 is 1. The lowest BCUT2D eigenvalue weighted by Gasteiger charge is -2.12. The first-order valence-electron chi connectivity index (χ1n) is 8.78. The number of guanidine groups is 1. The van der Waals surface area contributed by atoms with Gasteiger partial charge in [-0.2, -0.15) is 0 Å². The zero-order chi connectivity index (χ0) is 21.7. The van der Waals surface area contributed by atoms with Crippen molar-refractivity contribution in [1.82, 2.24) is 9.55 Å². The molecule has 0 spiro atoms. The van der Waals surface area contributed by atoms with E-state index >= 15 is 0 Å². The van der Waals surface area contributed by atoms with Crippen LogP contribution >= 0.6 is 0 Å². The second-order valence-electron chi connectivity index (χ2n) is 6.28. The van der Waals surface area contributed by atoms with E-state index in [1.807, 2.05) is 23.8 Å². The average molecular weight is 416 g/mol. The van der Waals surface area contributed by atoms with Gasteiger partial charge in [0.15, 0.2) is 23.4 Å². The van der Waals surface area contributed by atoms with Gasteiger partial charge in [-0.3, -0.25) is 4.99 Å². The Morgan fingerprint density at radius 1 is 1.23 bits per heavy atom. The molecule has 3 N–H and O–H groups in total. The number of anilines is 1. The van der Waals surface area contributed by atoms with Crippen molar-refractivity contribution in [3.05, 3.63) is 71.6 Å².